The fraction of sp³-hybridized carbons (Fsp3) is 0.538. The van der Waals surface area contributed by atoms with E-state index in [0.717, 1.165) is 11.1 Å². The molecule has 3 nitrogen and oxygen atoms in total. The molecule has 0 fully saturated rings. The zero-order valence-corrected chi connectivity index (χ0v) is 11.7. The van der Waals surface area contributed by atoms with Gasteiger partial charge in [0.1, 0.15) is 0 Å². The number of methoxy groups -OCH3 is 2. The minimum absolute atomic E-state index is 0.0413. The van der Waals surface area contributed by atoms with Gasteiger partial charge in [-0.1, -0.05) is 25.4 Å². The summed E-state index contributed by atoms with van der Waals surface area (Å²) in [5.74, 6) is 1.15. The molecule has 1 N–H and O–H groups in total. The lowest BCUT2D eigenvalue weighted by molar-refractivity contribution is 0.217. The van der Waals surface area contributed by atoms with E-state index in [0.29, 0.717) is 16.5 Å². The maximum absolute atomic E-state index is 9.44. The van der Waals surface area contributed by atoms with Gasteiger partial charge in [-0.2, -0.15) is 0 Å². The van der Waals surface area contributed by atoms with Crippen molar-refractivity contribution in [3.8, 4) is 11.5 Å². The minimum Gasteiger partial charge on any atom is -0.493 e. The molecule has 0 aliphatic heterocycles. The van der Waals surface area contributed by atoms with Crippen LogP contribution in [-0.4, -0.2) is 25.9 Å². The molecule has 1 rings (SSSR count). The third kappa shape index (κ3) is 2.50. The molecular formula is C13H19ClO3. The standard InChI is InChI=1S/C13H19ClO3/c1-8-9(13(2,3)7-15)6-10(14)12(17-5)11(8)16-4/h6,15H,7H2,1-5H3. The van der Waals surface area contributed by atoms with Crippen LogP contribution < -0.4 is 9.47 Å². The van der Waals surface area contributed by atoms with Gasteiger partial charge in [-0.15, -0.1) is 0 Å². The predicted molar refractivity (Wildman–Crippen MR) is 69.4 cm³/mol. The molecule has 0 aliphatic carbocycles. The fourth-order valence-electron chi connectivity index (χ4n) is 1.93. The summed E-state index contributed by atoms with van der Waals surface area (Å²) in [7, 11) is 3.14. The van der Waals surface area contributed by atoms with Crippen LogP contribution in [0.3, 0.4) is 0 Å². The van der Waals surface area contributed by atoms with Gasteiger partial charge >= 0.3 is 0 Å². The molecule has 0 amide bonds. The summed E-state index contributed by atoms with van der Waals surface area (Å²) in [5.41, 5.74) is 1.53. The Kier molecular flexibility index (Phi) is 4.28. The third-order valence-corrected chi connectivity index (χ3v) is 3.25. The minimum atomic E-state index is -0.368. The molecule has 96 valence electrons. The zero-order chi connectivity index (χ0) is 13.2. The van der Waals surface area contributed by atoms with Gasteiger partial charge in [-0.05, 0) is 24.1 Å². The van der Waals surface area contributed by atoms with Gasteiger partial charge in [0.25, 0.3) is 0 Å². The Balaban J connectivity index is 3.51. The normalized spacial score (nSPS) is 11.5. The first kappa shape index (κ1) is 14.1. The molecule has 17 heavy (non-hydrogen) atoms. The van der Waals surface area contributed by atoms with Gasteiger partial charge in [0, 0.05) is 5.41 Å². The smallest absolute Gasteiger partial charge is 0.179 e. The quantitative estimate of drug-likeness (QED) is 0.903. The van der Waals surface area contributed by atoms with Gasteiger partial charge in [0.15, 0.2) is 11.5 Å². The first-order valence-electron chi connectivity index (χ1n) is 5.41. The number of aliphatic hydroxyl groups excluding tert-OH is 1. The number of halogens is 1. The van der Waals surface area contributed by atoms with Crippen molar-refractivity contribution in [2.24, 2.45) is 0 Å². The van der Waals surface area contributed by atoms with Crippen molar-refractivity contribution in [3.05, 3.63) is 22.2 Å². The Morgan fingerprint density at radius 1 is 1.24 bits per heavy atom. The average Bonchev–Trinajstić information content (AvgIpc) is 2.30. The lowest BCUT2D eigenvalue weighted by Crippen LogP contribution is -2.23. The van der Waals surface area contributed by atoms with Crippen LogP contribution in [0.25, 0.3) is 0 Å². The van der Waals surface area contributed by atoms with Crippen LogP contribution in [0.5, 0.6) is 11.5 Å². The molecule has 0 bridgehead atoms. The number of hydrogen-bond acceptors (Lipinski definition) is 3. The molecule has 1 aromatic carbocycles. The highest BCUT2D eigenvalue weighted by molar-refractivity contribution is 6.32. The predicted octanol–water partition coefficient (Wildman–Crippen LogP) is 2.94. The number of aliphatic hydroxyl groups is 1. The lowest BCUT2D eigenvalue weighted by atomic mass is 9.82. The second-order valence-electron chi connectivity index (χ2n) is 4.64. The monoisotopic (exact) mass is 258 g/mol. The van der Waals surface area contributed by atoms with E-state index in [1.807, 2.05) is 26.8 Å². The topological polar surface area (TPSA) is 38.7 Å². The summed E-state index contributed by atoms with van der Waals surface area (Å²) in [6.45, 7) is 5.89. The number of rotatable bonds is 4. The summed E-state index contributed by atoms with van der Waals surface area (Å²) in [6.07, 6.45) is 0. The van der Waals surface area contributed by atoms with E-state index >= 15 is 0 Å². The van der Waals surface area contributed by atoms with Gasteiger partial charge in [0.05, 0.1) is 25.8 Å². The van der Waals surface area contributed by atoms with Crippen LogP contribution >= 0.6 is 11.6 Å². The van der Waals surface area contributed by atoms with E-state index in [4.69, 9.17) is 21.1 Å². The van der Waals surface area contributed by atoms with Crippen LogP contribution in [0.4, 0.5) is 0 Å². The van der Waals surface area contributed by atoms with Crippen LogP contribution in [0, 0.1) is 6.92 Å². The summed E-state index contributed by atoms with van der Waals surface area (Å²) in [5, 5.41) is 9.93. The van der Waals surface area contributed by atoms with Crippen molar-refractivity contribution in [1.29, 1.82) is 0 Å². The molecule has 0 saturated carbocycles. The van der Waals surface area contributed by atoms with Gasteiger partial charge in [0.2, 0.25) is 0 Å². The van der Waals surface area contributed by atoms with E-state index < -0.39 is 0 Å². The van der Waals surface area contributed by atoms with Gasteiger partial charge in [-0.25, -0.2) is 0 Å². The van der Waals surface area contributed by atoms with E-state index in [-0.39, 0.29) is 12.0 Å². The highest BCUT2D eigenvalue weighted by atomic mass is 35.5. The Labute approximate surface area is 107 Å². The second kappa shape index (κ2) is 5.15. The van der Waals surface area contributed by atoms with Crippen molar-refractivity contribution < 1.29 is 14.6 Å². The molecule has 0 unspecified atom stereocenters. The summed E-state index contributed by atoms with van der Waals surface area (Å²) < 4.78 is 10.6. The molecule has 0 saturated heterocycles. The number of ether oxygens (including phenoxy) is 2. The largest absolute Gasteiger partial charge is 0.493 e. The number of benzene rings is 1. The van der Waals surface area contributed by atoms with E-state index in [1.54, 1.807) is 14.2 Å². The SMILES string of the molecule is COc1c(Cl)cc(C(C)(C)CO)c(C)c1OC. The summed E-state index contributed by atoms with van der Waals surface area (Å²) in [4.78, 5) is 0. The van der Waals surface area contributed by atoms with Crippen molar-refractivity contribution in [2.45, 2.75) is 26.2 Å². The maximum Gasteiger partial charge on any atom is 0.179 e. The van der Waals surface area contributed by atoms with Crippen molar-refractivity contribution in [3.63, 3.8) is 0 Å². The Hall–Kier alpha value is -0.930. The Morgan fingerprint density at radius 2 is 1.76 bits per heavy atom. The molecule has 0 aromatic heterocycles. The molecule has 0 radical (unpaired) electrons. The lowest BCUT2D eigenvalue weighted by Gasteiger charge is -2.26. The zero-order valence-electron chi connectivity index (χ0n) is 10.9. The first-order valence-corrected chi connectivity index (χ1v) is 5.79. The average molecular weight is 259 g/mol. The fourth-order valence-corrected chi connectivity index (χ4v) is 2.20. The van der Waals surface area contributed by atoms with Crippen LogP contribution in [-0.2, 0) is 5.41 Å². The van der Waals surface area contributed by atoms with Gasteiger partial charge in [-0.3, -0.25) is 0 Å². The highest BCUT2D eigenvalue weighted by Gasteiger charge is 2.26. The molecule has 0 atom stereocenters. The van der Waals surface area contributed by atoms with Crippen LogP contribution in [0.15, 0.2) is 6.07 Å². The molecular weight excluding hydrogens is 240 g/mol. The number of hydrogen-bond donors (Lipinski definition) is 1. The molecule has 1 aromatic rings. The van der Waals surface area contributed by atoms with Crippen molar-refractivity contribution in [2.75, 3.05) is 20.8 Å². The highest BCUT2D eigenvalue weighted by Crippen LogP contribution is 2.42. The van der Waals surface area contributed by atoms with Crippen molar-refractivity contribution >= 4 is 11.6 Å². The second-order valence-corrected chi connectivity index (χ2v) is 5.05. The molecule has 4 heteroatoms. The molecule has 0 aliphatic rings. The maximum atomic E-state index is 9.44. The Bertz CT molecular complexity index is 414. The van der Waals surface area contributed by atoms with E-state index in [1.165, 1.54) is 0 Å². The summed E-state index contributed by atoms with van der Waals surface area (Å²) >= 11 is 6.16. The third-order valence-electron chi connectivity index (χ3n) is 2.97. The van der Waals surface area contributed by atoms with Crippen LogP contribution in [0.2, 0.25) is 5.02 Å². The first-order chi connectivity index (χ1) is 7.88. The van der Waals surface area contributed by atoms with Gasteiger partial charge < -0.3 is 14.6 Å². The van der Waals surface area contributed by atoms with E-state index in [2.05, 4.69) is 0 Å². The molecule has 0 spiro atoms. The molecule has 0 heterocycles. The van der Waals surface area contributed by atoms with E-state index in [9.17, 15) is 5.11 Å². The summed E-state index contributed by atoms with van der Waals surface area (Å²) in [6, 6.07) is 1.83. The Morgan fingerprint density at radius 3 is 2.18 bits per heavy atom. The van der Waals surface area contributed by atoms with Crippen LogP contribution in [0.1, 0.15) is 25.0 Å². The van der Waals surface area contributed by atoms with Crippen molar-refractivity contribution in [1.82, 2.24) is 0 Å².